The third kappa shape index (κ3) is 2.32. The van der Waals surface area contributed by atoms with E-state index < -0.39 is 15.8 Å². The Morgan fingerprint density at radius 1 is 1.32 bits per heavy atom. The summed E-state index contributed by atoms with van der Waals surface area (Å²) in [6.07, 6.45) is 0.431. The van der Waals surface area contributed by atoms with Gasteiger partial charge < -0.3 is 9.64 Å². The average Bonchev–Trinajstić information content (AvgIpc) is 2.78. The first-order valence-electron chi connectivity index (χ1n) is 6.30. The number of ether oxygens (including phenoxy) is 1. The molecule has 0 N–H and O–H groups in total. The van der Waals surface area contributed by atoms with Gasteiger partial charge in [-0.1, -0.05) is 12.1 Å². The molecule has 2 aliphatic rings. The first-order valence-corrected chi connectivity index (χ1v) is 8.12. The number of benzene rings is 1. The summed E-state index contributed by atoms with van der Waals surface area (Å²) in [4.78, 5) is 14.1. The van der Waals surface area contributed by atoms with Crippen molar-refractivity contribution in [3.63, 3.8) is 0 Å². The van der Waals surface area contributed by atoms with E-state index in [9.17, 15) is 13.2 Å². The van der Waals surface area contributed by atoms with Crippen LogP contribution in [0.2, 0.25) is 0 Å². The van der Waals surface area contributed by atoms with E-state index in [0.29, 0.717) is 25.3 Å². The molecule has 1 fully saturated rings. The second kappa shape index (κ2) is 4.52. The zero-order valence-electron chi connectivity index (χ0n) is 10.4. The van der Waals surface area contributed by atoms with E-state index in [1.807, 2.05) is 24.3 Å². The topological polar surface area (TPSA) is 63.7 Å². The number of fused-ring (bicyclic) bond motifs is 1. The molecule has 19 heavy (non-hydrogen) atoms. The van der Waals surface area contributed by atoms with Gasteiger partial charge in [-0.05, 0) is 18.6 Å². The van der Waals surface area contributed by atoms with Gasteiger partial charge in [-0.3, -0.25) is 4.79 Å². The van der Waals surface area contributed by atoms with Crippen LogP contribution in [0, 0.1) is 5.92 Å². The van der Waals surface area contributed by atoms with Crippen molar-refractivity contribution >= 4 is 21.4 Å². The third-order valence-corrected chi connectivity index (χ3v) is 5.34. The Balaban J connectivity index is 1.86. The molecule has 0 radical (unpaired) electrons. The van der Waals surface area contributed by atoms with Crippen molar-refractivity contribution in [3.8, 4) is 5.75 Å². The lowest BCUT2D eigenvalue weighted by atomic mass is 10.1. The van der Waals surface area contributed by atoms with Gasteiger partial charge in [0, 0.05) is 0 Å². The Hall–Kier alpha value is -1.56. The average molecular weight is 281 g/mol. The predicted molar refractivity (Wildman–Crippen MR) is 71.1 cm³/mol. The number of sulfone groups is 1. The van der Waals surface area contributed by atoms with Crippen molar-refractivity contribution < 1.29 is 17.9 Å². The summed E-state index contributed by atoms with van der Waals surface area (Å²) < 4.78 is 28.5. The van der Waals surface area contributed by atoms with E-state index in [0.717, 1.165) is 5.69 Å². The van der Waals surface area contributed by atoms with Crippen molar-refractivity contribution in [1.29, 1.82) is 0 Å². The minimum absolute atomic E-state index is 0.0225. The van der Waals surface area contributed by atoms with Gasteiger partial charge in [0.15, 0.2) is 9.84 Å². The molecule has 1 saturated heterocycles. The molecule has 2 aliphatic heterocycles. The van der Waals surface area contributed by atoms with Crippen LogP contribution in [0.5, 0.6) is 5.75 Å². The van der Waals surface area contributed by atoms with Crippen LogP contribution < -0.4 is 9.64 Å². The number of anilines is 1. The van der Waals surface area contributed by atoms with Crippen LogP contribution >= 0.6 is 0 Å². The smallest absolute Gasteiger partial charge is 0.231 e. The highest BCUT2D eigenvalue weighted by Gasteiger charge is 2.37. The van der Waals surface area contributed by atoms with Gasteiger partial charge in [0.05, 0.1) is 29.7 Å². The predicted octanol–water partition coefficient (Wildman–Crippen LogP) is 0.847. The number of hydrogen-bond donors (Lipinski definition) is 0. The number of rotatable bonds is 1. The first-order chi connectivity index (χ1) is 9.07. The van der Waals surface area contributed by atoms with Gasteiger partial charge in [0.2, 0.25) is 5.91 Å². The molecule has 3 rings (SSSR count). The summed E-state index contributed by atoms with van der Waals surface area (Å²) in [5.41, 5.74) is 0.739. The van der Waals surface area contributed by atoms with Crippen LogP contribution in [0.1, 0.15) is 6.42 Å². The molecular formula is C13H15NO4S. The van der Waals surface area contributed by atoms with Gasteiger partial charge in [-0.15, -0.1) is 0 Å². The van der Waals surface area contributed by atoms with Crippen LogP contribution in [0.3, 0.4) is 0 Å². The van der Waals surface area contributed by atoms with Crippen LogP contribution in [0.4, 0.5) is 5.69 Å². The second-order valence-corrected chi connectivity index (χ2v) is 7.13. The lowest BCUT2D eigenvalue weighted by Gasteiger charge is -2.31. The summed E-state index contributed by atoms with van der Waals surface area (Å²) in [5.74, 6) is 0.275. The van der Waals surface area contributed by atoms with Crippen molar-refractivity contribution in [2.24, 2.45) is 5.92 Å². The maximum atomic E-state index is 12.5. The molecule has 1 aromatic carbocycles. The van der Waals surface area contributed by atoms with Crippen LogP contribution in [-0.2, 0) is 14.6 Å². The van der Waals surface area contributed by atoms with E-state index in [4.69, 9.17) is 4.74 Å². The maximum Gasteiger partial charge on any atom is 0.231 e. The lowest BCUT2D eigenvalue weighted by Crippen LogP contribution is -2.41. The molecule has 1 unspecified atom stereocenters. The van der Waals surface area contributed by atoms with E-state index >= 15 is 0 Å². The Kier molecular flexibility index (Phi) is 2.97. The Bertz CT molecular complexity index is 611. The monoisotopic (exact) mass is 281 g/mol. The van der Waals surface area contributed by atoms with Crippen molar-refractivity contribution in [3.05, 3.63) is 24.3 Å². The summed E-state index contributed by atoms with van der Waals surface area (Å²) in [6.45, 7) is 0.925. The van der Waals surface area contributed by atoms with Gasteiger partial charge >= 0.3 is 0 Å². The molecule has 0 saturated carbocycles. The molecule has 2 heterocycles. The van der Waals surface area contributed by atoms with E-state index in [1.54, 1.807) is 4.90 Å². The normalized spacial score (nSPS) is 24.6. The summed E-state index contributed by atoms with van der Waals surface area (Å²) in [7, 11) is -3.04. The number of para-hydroxylation sites is 2. The van der Waals surface area contributed by atoms with Gasteiger partial charge in [-0.2, -0.15) is 0 Å². The first kappa shape index (κ1) is 12.5. The quantitative estimate of drug-likeness (QED) is 0.765. The largest absolute Gasteiger partial charge is 0.490 e. The van der Waals surface area contributed by atoms with E-state index in [2.05, 4.69) is 0 Å². The summed E-state index contributed by atoms with van der Waals surface area (Å²) in [5, 5.41) is 0. The number of carbonyl (C=O) groups is 1. The standard InChI is InChI=1S/C13H15NO4S/c15-13(10-5-8-19(16,17)9-10)14-6-7-18-12-4-2-1-3-11(12)14/h1-4,10H,5-9H2. The van der Waals surface area contributed by atoms with Crippen molar-refractivity contribution in [2.75, 3.05) is 29.6 Å². The minimum Gasteiger partial charge on any atom is -0.490 e. The Morgan fingerprint density at radius 3 is 2.84 bits per heavy atom. The van der Waals surface area contributed by atoms with Crippen LogP contribution in [-0.4, -0.2) is 39.0 Å². The van der Waals surface area contributed by atoms with Crippen molar-refractivity contribution in [1.82, 2.24) is 0 Å². The number of nitrogens with zero attached hydrogens (tertiary/aromatic N) is 1. The molecule has 0 bridgehead atoms. The fourth-order valence-corrected chi connectivity index (χ4v) is 4.34. The highest BCUT2D eigenvalue weighted by atomic mass is 32.2. The van der Waals surface area contributed by atoms with E-state index in [-0.39, 0.29) is 17.4 Å². The van der Waals surface area contributed by atoms with Crippen molar-refractivity contribution in [2.45, 2.75) is 6.42 Å². The summed E-state index contributed by atoms with van der Waals surface area (Å²) >= 11 is 0. The zero-order valence-corrected chi connectivity index (χ0v) is 11.2. The molecule has 1 aromatic rings. The molecule has 0 aromatic heterocycles. The molecular weight excluding hydrogens is 266 g/mol. The zero-order chi connectivity index (χ0) is 13.5. The minimum atomic E-state index is -3.04. The Labute approximate surface area is 112 Å². The molecule has 1 atom stereocenters. The molecule has 5 nitrogen and oxygen atoms in total. The molecule has 102 valence electrons. The molecule has 0 spiro atoms. The maximum absolute atomic E-state index is 12.5. The second-order valence-electron chi connectivity index (χ2n) is 4.91. The number of carbonyl (C=O) groups excluding carboxylic acids is 1. The molecule has 1 amide bonds. The Morgan fingerprint density at radius 2 is 2.11 bits per heavy atom. The SMILES string of the molecule is O=C(C1CCS(=O)(=O)C1)N1CCOc2ccccc21. The number of amides is 1. The van der Waals surface area contributed by atoms with Gasteiger partial charge in [0.1, 0.15) is 12.4 Å². The summed E-state index contributed by atoms with van der Waals surface area (Å²) in [6, 6.07) is 7.35. The lowest BCUT2D eigenvalue weighted by molar-refractivity contribution is -0.121. The molecule has 6 heteroatoms. The number of hydrogen-bond acceptors (Lipinski definition) is 4. The fraction of sp³-hybridized carbons (Fsp3) is 0.462. The van der Waals surface area contributed by atoms with Gasteiger partial charge in [0.25, 0.3) is 0 Å². The third-order valence-electron chi connectivity index (χ3n) is 3.58. The van der Waals surface area contributed by atoms with Gasteiger partial charge in [-0.25, -0.2) is 8.42 Å². The molecule has 0 aliphatic carbocycles. The fourth-order valence-electron chi connectivity index (χ4n) is 2.61. The highest BCUT2D eigenvalue weighted by molar-refractivity contribution is 7.91. The van der Waals surface area contributed by atoms with E-state index in [1.165, 1.54) is 0 Å². The van der Waals surface area contributed by atoms with Crippen LogP contribution in [0.15, 0.2) is 24.3 Å². The highest BCUT2D eigenvalue weighted by Crippen LogP contribution is 2.33. The van der Waals surface area contributed by atoms with Crippen LogP contribution in [0.25, 0.3) is 0 Å².